The molecule has 0 heterocycles. The number of aliphatic carboxylic acids is 1. The molecular weight excluding hydrogens is 386 g/mol. The van der Waals surface area contributed by atoms with Crippen LogP contribution in [0.15, 0.2) is 40.6 Å². The molecule has 28 heavy (non-hydrogen) atoms. The van der Waals surface area contributed by atoms with Crippen molar-refractivity contribution in [2.24, 2.45) is 10.2 Å². The average molecular weight is 406 g/mol. The lowest BCUT2D eigenvalue weighted by Gasteiger charge is -2.22. The molecule has 148 valence electrons. The maximum Gasteiger partial charge on any atom is 0.303 e. The molecular formula is C19H20ClN3O5. The first-order valence-corrected chi connectivity index (χ1v) is 8.80. The molecule has 0 saturated heterocycles. The molecule has 9 heteroatoms. The van der Waals surface area contributed by atoms with E-state index in [4.69, 9.17) is 16.7 Å². The molecule has 8 nitrogen and oxygen atoms in total. The molecule has 2 N–H and O–H groups in total. The molecule has 0 radical (unpaired) electrons. The summed E-state index contributed by atoms with van der Waals surface area (Å²) in [5, 5.41) is 38.8. The van der Waals surface area contributed by atoms with Crippen LogP contribution in [0, 0.1) is 10.1 Å². The number of phenols is 1. The van der Waals surface area contributed by atoms with Crippen LogP contribution < -0.4 is 0 Å². The lowest BCUT2D eigenvalue weighted by Crippen LogP contribution is -2.12. The molecule has 0 amide bonds. The molecule has 0 aromatic heterocycles. The molecule has 0 aliphatic heterocycles. The van der Waals surface area contributed by atoms with Crippen molar-refractivity contribution < 1.29 is 19.9 Å². The maximum atomic E-state index is 11.2. The quantitative estimate of drug-likeness (QED) is 0.363. The first-order valence-electron chi connectivity index (χ1n) is 8.43. The van der Waals surface area contributed by atoms with Gasteiger partial charge in [0.2, 0.25) is 0 Å². The molecule has 0 aliphatic rings. The summed E-state index contributed by atoms with van der Waals surface area (Å²) in [6.45, 7) is 5.69. The van der Waals surface area contributed by atoms with Crippen LogP contribution in [0.2, 0.25) is 5.02 Å². The summed E-state index contributed by atoms with van der Waals surface area (Å²) in [6, 6.07) is 7.24. The maximum absolute atomic E-state index is 11.2. The van der Waals surface area contributed by atoms with E-state index in [1.165, 1.54) is 24.3 Å². The summed E-state index contributed by atoms with van der Waals surface area (Å²) in [5.74, 6) is -1.04. The third-order valence-corrected chi connectivity index (χ3v) is 4.22. The number of carboxylic acid groups (broad SMARTS) is 1. The van der Waals surface area contributed by atoms with Crippen molar-refractivity contribution in [3.8, 4) is 5.75 Å². The number of carboxylic acids is 1. The number of rotatable bonds is 6. The number of phenolic OH excluding ortho intramolecular Hbond substituents is 1. The molecule has 0 spiro atoms. The Balaban J connectivity index is 2.52. The third-order valence-electron chi connectivity index (χ3n) is 3.98. The van der Waals surface area contributed by atoms with Gasteiger partial charge in [-0.25, -0.2) is 0 Å². The highest BCUT2D eigenvalue weighted by atomic mass is 35.5. The Hall–Kier alpha value is -3.00. The van der Waals surface area contributed by atoms with Crippen LogP contribution in [-0.2, 0) is 16.6 Å². The van der Waals surface area contributed by atoms with Crippen molar-refractivity contribution in [1.29, 1.82) is 0 Å². The monoisotopic (exact) mass is 405 g/mol. The van der Waals surface area contributed by atoms with Gasteiger partial charge in [0.25, 0.3) is 5.69 Å². The van der Waals surface area contributed by atoms with Crippen molar-refractivity contribution in [3.63, 3.8) is 0 Å². The summed E-state index contributed by atoms with van der Waals surface area (Å²) >= 11 is 5.79. The van der Waals surface area contributed by atoms with Gasteiger partial charge >= 0.3 is 5.97 Å². The fraction of sp³-hybridized carbons (Fsp3) is 0.316. The number of nitro groups is 1. The molecule has 2 rings (SSSR count). The first-order chi connectivity index (χ1) is 13.0. The van der Waals surface area contributed by atoms with E-state index in [1.54, 1.807) is 6.07 Å². The number of nitrogens with zero attached hydrogens (tertiary/aromatic N) is 3. The zero-order valence-corrected chi connectivity index (χ0v) is 16.4. The van der Waals surface area contributed by atoms with Gasteiger partial charge in [0.1, 0.15) is 11.4 Å². The number of azo groups is 1. The highest BCUT2D eigenvalue weighted by Gasteiger charge is 2.22. The van der Waals surface area contributed by atoms with Crippen LogP contribution >= 0.6 is 11.6 Å². The molecule has 0 fully saturated rings. The van der Waals surface area contributed by atoms with Crippen LogP contribution in [0.3, 0.4) is 0 Å². The lowest BCUT2D eigenvalue weighted by molar-refractivity contribution is -0.384. The Morgan fingerprint density at radius 2 is 1.82 bits per heavy atom. The number of hydrogen-bond acceptors (Lipinski definition) is 6. The van der Waals surface area contributed by atoms with E-state index in [2.05, 4.69) is 10.2 Å². The van der Waals surface area contributed by atoms with Crippen LogP contribution in [0.4, 0.5) is 17.1 Å². The van der Waals surface area contributed by atoms with Crippen LogP contribution in [0.5, 0.6) is 5.75 Å². The minimum Gasteiger partial charge on any atom is -0.505 e. The van der Waals surface area contributed by atoms with Gasteiger partial charge in [-0.05, 0) is 35.6 Å². The standard InChI is InChI=1S/C19H20ClN3O5/c1-19(2,3)13-8-11(4-7-17(24)25)9-15(18(13)26)22-21-14-6-5-12(20)10-16(14)23(27)28/h5-6,8-10,26H,4,7H2,1-3H3,(H,24,25). The van der Waals surface area contributed by atoms with Gasteiger partial charge < -0.3 is 10.2 Å². The van der Waals surface area contributed by atoms with E-state index in [1.807, 2.05) is 20.8 Å². The predicted molar refractivity (Wildman–Crippen MR) is 105 cm³/mol. The summed E-state index contributed by atoms with van der Waals surface area (Å²) in [7, 11) is 0. The number of nitro benzene ring substituents is 1. The molecule has 0 bridgehead atoms. The molecule has 2 aromatic carbocycles. The smallest absolute Gasteiger partial charge is 0.303 e. The SMILES string of the molecule is CC(C)(C)c1cc(CCC(=O)O)cc(N=Nc2ccc(Cl)cc2[N+](=O)[O-])c1O. The molecule has 2 aromatic rings. The number of aromatic hydroxyl groups is 1. The Kier molecular flexibility index (Phi) is 6.35. The van der Waals surface area contributed by atoms with E-state index in [0.29, 0.717) is 11.1 Å². The largest absolute Gasteiger partial charge is 0.505 e. The molecule has 0 unspecified atom stereocenters. The summed E-state index contributed by atoms with van der Waals surface area (Å²) in [6.07, 6.45) is 0.176. The van der Waals surface area contributed by atoms with Crippen molar-refractivity contribution in [1.82, 2.24) is 0 Å². The minimum absolute atomic E-state index is 0.0120. The van der Waals surface area contributed by atoms with E-state index >= 15 is 0 Å². The number of carbonyl (C=O) groups is 1. The summed E-state index contributed by atoms with van der Waals surface area (Å²) < 4.78 is 0. The van der Waals surface area contributed by atoms with Gasteiger partial charge in [-0.1, -0.05) is 38.4 Å². The van der Waals surface area contributed by atoms with Gasteiger partial charge in [0.05, 0.1) is 4.92 Å². The molecule has 0 saturated carbocycles. The van der Waals surface area contributed by atoms with E-state index in [-0.39, 0.29) is 40.7 Å². The number of halogens is 1. The second kappa shape index (κ2) is 8.35. The zero-order chi connectivity index (χ0) is 21.1. The highest BCUT2D eigenvalue weighted by Crippen LogP contribution is 2.40. The molecule has 0 atom stereocenters. The van der Waals surface area contributed by atoms with Crippen LogP contribution in [0.1, 0.15) is 38.3 Å². The van der Waals surface area contributed by atoms with Crippen molar-refractivity contribution in [2.45, 2.75) is 39.0 Å². The fourth-order valence-corrected chi connectivity index (χ4v) is 2.72. The topological polar surface area (TPSA) is 125 Å². The van der Waals surface area contributed by atoms with Gasteiger partial charge in [0.15, 0.2) is 5.69 Å². The summed E-state index contributed by atoms with van der Waals surface area (Å²) in [5.41, 5.74) is 0.604. The van der Waals surface area contributed by atoms with Crippen molar-refractivity contribution in [2.75, 3.05) is 0 Å². The second-order valence-electron chi connectivity index (χ2n) is 7.24. The van der Waals surface area contributed by atoms with Gasteiger partial charge in [0, 0.05) is 23.1 Å². The van der Waals surface area contributed by atoms with E-state index in [9.17, 15) is 20.0 Å². The van der Waals surface area contributed by atoms with Crippen LogP contribution in [0.25, 0.3) is 0 Å². The minimum atomic E-state index is -0.939. The van der Waals surface area contributed by atoms with Gasteiger partial charge in [-0.2, -0.15) is 0 Å². The predicted octanol–water partition coefficient (Wildman–Crippen LogP) is 5.68. The second-order valence-corrected chi connectivity index (χ2v) is 7.68. The zero-order valence-electron chi connectivity index (χ0n) is 15.6. The number of hydrogen-bond donors (Lipinski definition) is 2. The molecule has 0 aliphatic carbocycles. The van der Waals surface area contributed by atoms with Gasteiger partial charge in [-0.15, -0.1) is 10.2 Å². The fourth-order valence-electron chi connectivity index (χ4n) is 2.56. The Morgan fingerprint density at radius 1 is 1.18 bits per heavy atom. The Labute approximate surface area is 166 Å². The van der Waals surface area contributed by atoms with Crippen LogP contribution in [-0.4, -0.2) is 21.1 Å². The Bertz CT molecular complexity index is 951. The Morgan fingerprint density at radius 3 is 2.39 bits per heavy atom. The van der Waals surface area contributed by atoms with E-state index in [0.717, 1.165) is 0 Å². The van der Waals surface area contributed by atoms with Crippen molar-refractivity contribution in [3.05, 3.63) is 56.6 Å². The number of aryl methyl sites for hydroxylation is 1. The first kappa shape index (κ1) is 21.3. The summed E-state index contributed by atoms with van der Waals surface area (Å²) in [4.78, 5) is 21.4. The van der Waals surface area contributed by atoms with Crippen molar-refractivity contribution >= 4 is 34.6 Å². The lowest BCUT2D eigenvalue weighted by atomic mass is 9.84. The number of benzene rings is 2. The third kappa shape index (κ3) is 5.26. The van der Waals surface area contributed by atoms with E-state index < -0.39 is 16.3 Å². The normalized spacial score (nSPS) is 11.7. The average Bonchev–Trinajstić information content (AvgIpc) is 2.59. The van der Waals surface area contributed by atoms with Gasteiger partial charge in [-0.3, -0.25) is 14.9 Å². The highest BCUT2D eigenvalue weighted by molar-refractivity contribution is 6.30.